The van der Waals surface area contributed by atoms with Gasteiger partial charge in [-0.3, -0.25) is 4.79 Å². The van der Waals surface area contributed by atoms with Gasteiger partial charge in [-0.2, -0.15) is 0 Å². The van der Waals surface area contributed by atoms with Crippen molar-refractivity contribution in [2.45, 2.75) is 5.16 Å². The second-order valence-electron chi connectivity index (χ2n) is 4.46. The van der Waals surface area contributed by atoms with Crippen LogP contribution in [-0.2, 0) is 0 Å². The molecule has 0 fully saturated rings. The van der Waals surface area contributed by atoms with Crippen LogP contribution in [0.1, 0.15) is 9.67 Å². The average Bonchev–Trinajstić information content (AvgIpc) is 2.84. The van der Waals surface area contributed by atoms with Gasteiger partial charge >= 0.3 is 0 Å². The number of anilines is 1. The van der Waals surface area contributed by atoms with Crippen LogP contribution in [0.15, 0.2) is 29.4 Å². The molecule has 0 spiro atoms. The maximum atomic E-state index is 11.5. The number of fused-ring (bicyclic) bond motifs is 1. The van der Waals surface area contributed by atoms with Crippen molar-refractivity contribution in [3.8, 4) is 11.3 Å². The largest absolute Gasteiger partial charge is 0.397 e. The second kappa shape index (κ2) is 6.01. The number of amides is 1. The molecule has 0 bridgehead atoms. The van der Waals surface area contributed by atoms with Crippen LogP contribution in [0.2, 0.25) is 0 Å². The molecule has 0 saturated carbocycles. The van der Waals surface area contributed by atoms with Gasteiger partial charge in [0.2, 0.25) is 0 Å². The summed E-state index contributed by atoms with van der Waals surface area (Å²) in [6.07, 6.45) is 1.91. The van der Waals surface area contributed by atoms with Gasteiger partial charge in [-0.05, 0) is 41.0 Å². The zero-order valence-electron chi connectivity index (χ0n) is 11.5. The molecule has 0 aliphatic rings. The number of thiophene rings is 1. The first-order valence-electron chi connectivity index (χ1n) is 6.21. The number of nitrogens with zero attached hydrogens (tertiary/aromatic N) is 2. The minimum atomic E-state index is -0.542. The summed E-state index contributed by atoms with van der Waals surface area (Å²) in [5, 5.41) is 1.33. The first-order chi connectivity index (χ1) is 10.5. The Hall–Kier alpha value is -1.39. The lowest BCUT2D eigenvalue weighted by Gasteiger charge is -2.06. The first-order valence-corrected chi connectivity index (χ1v) is 9.33. The summed E-state index contributed by atoms with van der Waals surface area (Å²) in [7, 11) is 0. The number of primary amides is 1. The zero-order valence-corrected chi connectivity index (χ0v) is 15.3. The molecular weight excluding hydrogens is 431 g/mol. The smallest absolute Gasteiger partial charge is 0.260 e. The van der Waals surface area contributed by atoms with E-state index in [0.717, 1.165) is 14.8 Å². The number of hydrogen-bond donors (Lipinski definition) is 2. The summed E-state index contributed by atoms with van der Waals surface area (Å²) < 4.78 is 1.13. The van der Waals surface area contributed by atoms with Crippen molar-refractivity contribution in [1.29, 1.82) is 0 Å². The van der Waals surface area contributed by atoms with Crippen LogP contribution in [0, 0.1) is 3.57 Å². The minimum Gasteiger partial charge on any atom is -0.397 e. The van der Waals surface area contributed by atoms with E-state index in [0.29, 0.717) is 25.9 Å². The number of benzene rings is 1. The van der Waals surface area contributed by atoms with Gasteiger partial charge in [0.25, 0.3) is 5.91 Å². The quantitative estimate of drug-likeness (QED) is 0.369. The molecule has 22 heavy (non-hydrogen) atoms. The van der Waals surface area contributed by atoms with Crippen LogP contribution in [0.3, 0.4) is 0 Å². The highest BCUT2D eigenvalue weighted by atomic mass is 127. The lowest BCUT2D eigenvalue weighted by Crippen LogP contribution is -2.10. The third-order valence-corrected chi connectivity index (χ3v) is 5.47. The number of carbonyl (C=O) groups excluding carboxylic acids is 1. The summed E-state index contributed by atoms with van der Waals surface area (Å²) in [5.41, 5.74) is 13.5. The Kier molecular flexibility index (Phi) is 4.24. The number of aromatic nitrogens is 2. The summed E-state index contributed by atoms with van der Waals surface area (Å²) in [6, 6.07) is 7.96. The summed E-state index contributed by atoms with van der Waals surface area (Å²) in [4.78, 5) is 21.6. The highest BCUT2D eigenvalue weighted by Crippen LogP contribution is 2.39. The molecule has 2 aromatic heterocycles. The van der Waals surface area contributed by atoms with Gasteiger partial charge < -0.3 is 11.5 Å². The minimum absolute atomic E-state index is 0.328. The lowest BCUT2D eigenvalue weighted by atomic mass is 10.1. The van der Waals surface area contributed by atoms with Crippen LogP contribution in [0.25, 0.3) is 21.5 Å². The summed E-state index contributed by atoms with van der Waals surface area (Å²) in [6.45, 7) is 0. The van der Waals surface area contributed by atoms with E-state index in [1.165, 1.54) is 23.1 Å². The van der Waals surface area contributed by atoms with Crippen molar-refractivity contribution >= 4 is 67.5 Å². The topological polar surface area (TPSA) is 94.9 Å². The van der Waals surface area contributed by atoms with E-state index in [4.69, 9.17) is 11.5 Å². The molecule has 5 nitrogen and oxygen atoms in total. The van der Waals surface area contributed by atoms with E-state index in [-0.39, 0.29) is 0 Å². The van der Waals surface area contributed by atoms with Gasteiger partial charge in [-0.25, -0.2) is 9.97 Å². The molecule has 3 rings (SSSR count). The van der Waals surface area contributed by atoms with E-state index in [2.05, 4.69) is 32.6 Å². The number of carbonyl (C=O) groups is 1. The molecule has 4 N–H and O–H groups in total. The highest BCUT2D eigenvalue weighted by molar-refractivity contribution is 14.1. The number of nitrogen functional groups attached to an aromatic ring is 1. The number of rotatable bonds is 3. The standard InChI is InChI=1S/C14H11IN4OS2/c1-21-14-18-10(6-2-4-7(15)5-3-6)8-9(16)11(12(17)20)22-13(8)19-14/h2-5H,16H2,1H3,(H2,17,20). The highest BCUT2D eigenvalue weighted by Gasteiger charge is 2.20. The molecular formula is C14H11IN4OS2. The second-order valence-corrected chi connectivity index (χ2v) is 7.47. The van der Waals surface area contributed by atoms with Crippen molar-refractivity contribution in [3.63, 3.8) is 0 Å². The van der Waals surface area contributed by atoms with Crippen molar-refractivity contribution in [2.24, 2.45) is 5.73 Å². The fourth-order valence-electron chi connectivity index (χ4n) is 2.09. The van der Waals surface area contributed by atoms with E-state index in [9.17, 15) is 4.79 Å². The van der Waals surface area contributed by atoms with E-state index >= 15 is 0 Å². The summed E-state index contributed by atoms with van der Waals surface area (Å²) in [5.74, 6) is -0.542. The maximum absolute atomic E-state index is 11.5. The Balaban J connectivity index is 2.36. The molecule has 3 aromatic rings. The number of thioether (sulfide) groups is 1. The van der Waals surface area contributed by atoms with Gasteiger partial charge in [-0.15, -0.1) is 11.3 Å². The number of nitrogens with two attached hydrogens (primary N) is 2. The van der Waals surface area contributed by atoms with Gasteiger partial charge in [0.1, 0.15) is 9.71 Å². The third kappa shape index (κ3) is 2.66. The molecule has 0 atom stereocenters. The van der Waals surface area contributed by atoms with Crippen LogP contribution in [-0.4, -0.2) is 22.1 Å². The van der Waals surface area contributed by atoms with Crippen molar-refractivity contribution in [1.82, 2.24) is 9.97 Å². The van der Waals surface area contributed by atoms with E-state index in [1.54, 1.807) is 0 Å². The normalized spacial score (nSPS) is 11.0. The SMILES string of the molecule is CSc1nc(-c2ccc(I)cc2)c2c(N)c(C(N)=O)sc2n1. The Labute approximate surface area is 148 Å². The Morgan fingerprint density at radius 3 is 2.55 bits per heavy atom. The van der Waals surface area contributed by atoms with Gasteiger partial charge in [-0.1, -0.05) is 23.9 Å². The zero-order chi connectivity index (χ0) is 15.9. The Bertz CT molecular complexity index is 877. The summed E-state index contributed by atoms with van der Waals surface area (Å²) >= 11 is 4.90. The molecule has 2 heterocycles. The first kappa shape index (κ1) is 15.5. The Morgan fingerprint density at radius 2 is 1.95 bits per heavy atom. The van der Waals surface area contributed by atoms with Crippen LogP contribution in [0.5, 0.6) is 0 Å². The maximum Gasteiger partial charge on any atom is 0.260 e. The fraction of sp³-hybridized carbons (Fsp3) is 0.0714. The lowest BCUT2D eigenvalue weighted by molar-refractivity contribution is 0.100. The van der Waals surface area contributed by atoms with Crippen LogP contribution < -0.4 is 11.5 Å². The number of hydrogen-bond acceptors (Lipinski definition) is 6. The molecule has 0 unspecified atom stereocenters. The van der Waals surface area contributed by atoms with Gasteiger partial charge in [0.15, 0.2) is 5.16 Å². The van der Waals surface area contributed by atoms with E-state index in [1.807, 2.05) is 30.5 Å². The van der Waals surface area contributed by atoms with Crippen LogP contribution >= 0.6 is 45.7 Å². The predicted molar refractivity (Wildman–Crippen MR) is 100 cm³/mol. The van der Waals surface area contributed by atoms with Crippen molar-refractivity contribution in [3.05, 3.63) is 32.7 Å². The van der Waals surface area contributed by atoms with Crippen molar-refractivity contribution in [2.75, 3.05) is 12.0 Å². The molecule has 1 amide bonds. The predicted octanol–water partition coefficient (Wildman–Crippen LogP) is 3.37. The molecule has 0 aliphatic heterocycles. The molecule has 112 valence electrons. The fourth-order valence-corrected chi connectivity index (χ4v) is 3.82. The number of halogens is 1. The van der Waals surface area contributed by atoms with Gasteiger partial charge in [0.05, 0.1) is 16.8 Å². The van der Waals surface area contributed by atoms with Gasteiger partial charge in [0, 0.05) is 9.13 Å². The monoisotopic (exact) mass is 442 g/mol. The van der Waals surface area contributed by atoms with Crippen molar-refractivity contribution < 1.29 is 4.79 Å². The molecule has 1 aromatic carbocycles. The Morgan fingerprint density at radius 1 is 1.27 bits per heavy atom. The third-order valence-electron chi connectivity index (χ3n) is 3.09. The molecule has 0 radical (unpaired) electrons. The molecule has 8 heteroatoms. The van der Waals surface area contributed by atoms with Crippen LogP contribution in [0.4, 0.5) is 5.69 Å². The van der Waals surface area contributed by atoms with E-state index < -0.39 is 5.91 Å². The molecule has 0 aliphatic carbocycles. The average molecular weight is 442 g/mol. The molecule has 0 saturated heterocycles.